The normalized spacial score (nSPS) is 22.0. The number of likely N-dealkylation sites (tertiary alicyclic amines) is 1. The minimum Gasteiger partial charge on any atom is -0.312 e. The highest BCUT2D eigenvalue weighted by molar-refractivity contribution is 5.15. The molecule has 2 aromatic rings. The molecule has 0 bridgehead atoms. The molecule has 22 heavy (non-hydrogen) atoms. The SMILES string of the molecule is C[C@H]1CN(Cc2ccccc2)C[C@H]1CNCc1ccccc1. The fourth-order valence-electron chi connectivity index (χ4n) is 3.38. The number of nitrogens with one attached hydrogen (secondary N) is 1. The van der Waals surface area contributed by atoms with Gasteiger partial charge in [-0.1, -0.05) is 67.6 Å². The lowest BCUT2D eigenvalue weighted by Gasteiger charge is -2.16. The minimum absolute atomic E-state index is 0.757. The van der Waals surface area contributed by atoms with Crippen molar-refractivity contribution in [3.63, 3.8) is 0 Å². The van der Waals surface area contributed by atoms with Crippen LogP contribution in [0.1, 0.15) is 18.1 Å². The lowest BCUT2D eigenvalue weighted by Crippen LogP contribution is -2.27. The average molecular weight is 294 g/mol. The molecule has 0 amide bonds. The van der Waals surface area contributed by atoms with Crippen molar-refractivity contribution in [2.24, 2.45) is 11.8 Å². The molecule has 1 aliphatic heterocycles. The monoisotopic (exact) mass is 294 g/mol. The number of hydrogen-bond donors (Lipinski definition) is 1. The molecule has 116 valence electrons. The fourth-order valence-corrected chi connectivity index (χ4v) is 3.38. The smallest absolute Gasteiger partial charge is 0.0233 e. The Morgan fingerprint density at radius 3 is 2.23 bits per heavy atom. The minimum atomic E-state index is 0.757. The highest BCUT2D eigenvalue weighted by Crippen LogP contribution is 2.24. The van der Waals surface area contributed by atoms with Gasteiger partial charge in [-0.15, -0.1) is 0 Å². The van der Waals surface area contributed by atoms with Crippen molar-refractivity contribution in [3.8, 4) is 0 Å². The Morgan fingerprint density at radius 2 is 1.55 bits per heavy atom. The quantitative estimate of drug-likeness (QED) is 0.876. The van der Waals surface area contributed by atoms with Gasteiger partial charge in [0.05, 0.1) is 0 Å². The van der Waals surface area contributed by atoms with Gasteiger partial charge in [-0.3, -0.25) is 4.90 Å². The van der Waals surface area contributed by atoms with Crippen LogP contribution in [-0.4, -0.2) is 24.5 Å². The van der Waals surface area contributed by atoms with E-state index in [-0.39, 0.29) is 0 Å². The Morgan fingerprint density at radius 1 is 0.909 bits per heavy atom. The zero-order chi connectivity index (χ0) is 15.2. The van der Waals surface area contributed by atoms with Crippen molar-refractivity contribution in [3.05, 3.63) is 71.8 Å². The van der Waals surface area contributed by atoms with E-state index in [9.17, 15) is 0 Å². The summed E-state index contributed by atoms with van der Waals surface area (Å²) < 4.78 is 0. The van der Waals surface area contributed by atoms with E-state index < -0.39 is 0 Å². The van der Waals surface area contributed by atoms with Gasteiger partial charge in [-0.25, -0.2) is 0 Å². The first-order valence-electron chi connectivity index (χ1n) is 8.32. The van der Waals surface area contributed by atoms with E-state index in [1.807, 2.05) is 0 Å². The molecular weight excluding hydrogens is 268 g/mol. The molecule has 2 nitrogen and oxygen atoms in total. The highest BCUT2D eigenvalue weighted by Gasteiger charge is 2.28. The first kappa shape index (κ1) is 15.3. The van der Waals surface area contributed by atoms with Crippen LogP contribution < -0.4 is 5.32 Å². The van der Waals surface area contributed by atoms with Crippen molar-refractivity contribution in [1.29, 1.82) is 0 Å². The number of benzene rings is 2. The van der Waals surface area contributed by atoms with E-state index in [2.05, 4.69) is 77.8 Å². The Bertz CT molecular complexity index is 552. The summed E-state index contributed by atoms with van der Waals surface area (Å²) in [4.78, 5) is 2.59. The van der Waals surface area contributed by atoms with E-state index in [0.29, 0.717) is 0 Å². The second kappa shape index (κ2) is 7.57. The summed E-state index contributed by atoms with van der Waals surface area (Å²) in [5.74, 6) is 1.53. The standard InChI is InChI=1S/C20H26N2/c1-17-14-22(15-19-10-6-3-7-11-19)16-20(17)13-21-12-18-8-4-2-5-9-18/h2-11,17,20-21H,12-16H2,1H3/t17-,20+/m0/s1. The molecule has 0 spiro atoms. The first-order chi connectivity index (χ1) is 10.8. The fraction of sp³-hybridized carbons (Fsp3) is 0.400. The summed E-state index contributed by atoms with van der Waals surface area (Å²) >= 11 is 0. The predicted octanol–water partition coefficient (Wildman–Crippen LogP) is 3.54. The molecule has 2 heteroatoms. The second-order valence-corrected chi connectivity index (χ2v) is 6.53. The van der Waals surface area contributed by atoms with Crippen LogP contribution in [0.4, 0.5) is 0 Å². The van der Waals surface area contributed by atoms with Crippen LogP contribution in [0.25, 0.3) is 0 Å². The Kier molecular flexibility index (Phi) is 5.25. The van der Waals surface area contributed by atoms with Crippen LogP contribution in [-0.2, 0) is 13.1 Å². The van der Waals surface area contributed by atoms with Gasteiger partial charge >= 0.3 is 0 Å². The Balaban J connectivity index is 1.45. The Hall–Kier alpha value is -1.64. The van der Waals surface area contributed by atoms with E-state index in [4.69, 9.17) is 0 Å². The largest absolute Gasteiger partial charge is 0.312 e. The lowest BCUT2D eigenvalue weighted by atomic mass is 9.98. The van der Waals surface area contributed by atoms with E-state index in [1.54, 1.807) is 0 Å². The third kappa shape index (κ3) is 4.19. The molecule has 0 aliphatic carbocycles. The summed E-state index contributed by atoms with van der Waals surface area (Å²) in [6.45, 7) is 7.98. The summed E-state index contributed by atoms with van der Waals surface area (Å²) in [6.07, 6.45) is 0. The molecule has 0 radical (unpaired) electrons. The molecule has 1 aliphatic rings. The van der Waals surface area contributed by atoms with Gasteiger partial charge in [0.15, 0.2) is 0 Å². The van der Waals surface area contributed by atoms with Crippen molar-refractivity contribution < 1.29 is 0 Å². The number of hydrogen-bond acceptors (Lipinski definition) is 2. The molecule has 1 N–H and O–H groups in total. The molecule has 2 aromatic carbocycles. The van der Waals surface area contributed by atoms with Crippen molar-refractivity contribution in [2.45, 2.75) is 20.0 Å². The maximum absolute atomic E-state index is 3.63. The molecule has 2 atom stereocenters. The number of nitrogens with zero attached hydrogens (tertiary/aromatic N) is 1. The van der Waals surface area contributed by atoms with Gasteiger partial charge in [-0.2, -0.15) is 0 Å². The van der Waals surface area contributed by atoms with Crippen molar-refractivity contribution in [1.82, 2.24) is 10.2 Å². The average Bonchev–Trinajstić information content (AvgIpc) is 2.89. The lowest BCUT2D eigenvalue weighted by molar-refractivity contribution is 0.312. The van der Waals surface area contributed by atoms with Gasteiger partial charge in [-0.05, 0) is 29.5 Å². The molecule has 0 aromatic heterocycles. The van der Waals surface area contributed by atoms with Crippen LogP contribution in [0.15, 0.2) is 60.7 Å². The summed E-state index contributed by atoms with van der Waals surface area (Å²) in [6, 6.07) is 21.5. The zero-order valence-electron chi connectivity index (χ0n) is 13.4. The van der Waals surface area contributed by atoms with Crippen molar-refractivity contribution in [2.75, 3.05) is 19.6 Å². The molecule has 1 saturated heterocycles. The highest BCUT2D eigenvalue weighted by atomic mass is 15.2. The van der Waals surface area contributed by atoms with Crippen LogP contribution in [0.5, 0.6) is 0 Å². The van der Waals surface area contributed by atoms with Gasteiger partial charge in [0.25, 0.3) is 0 Å². The molecule has 1 heterocycles. The van der Waals surface area contributed by atoms with E-state index >= 15 is 0 Å². The van der Waals surface area contributed by atoms with Crippen LogP contribution in [0.3, 0.4) is 0 Å². The second-order valence-electron chi connectivity index (χ2n) is 6.53. The van der Waals surface area contributed by atoms with Gasteiger partial charge in [0.2, 0.25) is 0 Å². The van der Waals surface area contributed by atoms with Gasteiger partial charge < -0.3 is 5.32 Å². The van der Waals surface area contributed by atoms with Crippen LogP contribution >= 0.6 is 0 Å². The molecule has 0 saturated carbocycles. The van der Waals surface area contributed by atoms with Crippen LogP contribution in [0, 0.1) is 11.8 Å². The van der Waals surface area contributed by atoms with E-state index in [0.717, 1.165) is 31.5 Å². The summed E-state index contributed by atoms with van der Waals surface area (Å²) in [7, 11) is 0. The maximum Gasteiger partial charge on any atom is 0.0233 e. The molecular formula is C20H26N2. The zero-order valence-corrected chi connectivity index (χ0v) is 13.4. The van der Waals surface area contributed by atoms with Crippen LogP contribution in [0.2, 0.25) is 0 Å². The first-order valence-corrected chi connectivity index (χ1v) is 8.32. The van der Waals surface area contributed by atoms with E-state index in [1.165, 1.54) is 24.2 Å². The molecule has 3 rings (SSSR count). The molecule has 0 unspecified atom stereocenters. The maximum atomic E-state index is 3.63. The van der Waals surface area contributed by atoms with Gasteiger partial charge in [0.1, 0.15) is 0 Å². The third-order valence-electron chi connectivity index (χ3n) is 4.67. The molecule has 1 fully saturated rings. The number of rotatable bonds is 6. The predicted molar refractivity (Wildman–Crippen MR) is 92.5 cm³/mol. The topological polar surface area (TPSA) is 15.3 Å². The summed E-state index contributed by atoms with van der Waals surface area (Å²) in [5, 5.41) is 3.63. The van der Waals surface area contributed by atoms with Gasteiger partial charge in [0, 0.05) is 26.2 Å². The Labute approximate surface area is 134 Å². The summed E-state index contributed by atoms with van der Waals surface area (Å²) in [5.41, 5.74) is 2.79. The third-order valence-corrected chi connectivity index (χ3v) is 4.67. The van der Waals surface area contributed by atoms with Crippen molar-refractivity contribution >= 4 is 0 Å².